The standard InChI is InChI=1S/C17H22N4O5/c1-12-5-2-3-8-15(12)20-17(23)11-26-18-10-16(22)19-13-6-4-7-14(9-13)21(24)25/h4,6-7,9-10,12,15H,2-3,5,8,11H2,1H3,(H,19,22)(H,20,23)/b18-10-/t12-,15+/m0/s1. The van der Waals surface area contributed by atoms with Gasteiger partial charge in [0.15, 0.2) is 6.61 Å². The maximum Gasteiger partial charge on any atom is 0.271 e. The second kappa shape index (κ2) is 9.50. The molecule has 0 aromatic heterocycles. The van der Waals surface area contributed by atoms with E-state index in [1.54, 1.807) is 0 Å². The van der Waals surface area contributed by atoms with Gasteiger partial charge in [0.1, 0.15) is 6.21 Å². The average Bonchev–Trinajstić information content (AvgIpc) is 2.61. The predicted octanol–water partition coefficient (Wildman–Crippen LogP) is 2.23. The molecule has 0 bridgehead atoms. The van der Waals surface area contributed by atoms with Crippen LogP contribution in [0.5, 0.6) is 0 Å². The van der Waals surface area contributed by atoms with Gasteiger partial charge in [-0.1, -0.05) is 31.0 Å². The van der Waals surface area contributed by atoms with E-state index in [-0.39, 0.29) is 29.9 Å². The minimum Gasteiger partial charge on any atom is -0.386 e. The lowest BCUT2D eigenvalue weighted by Crippen LogP contribution is -2.42. The van der Waals surface area contributed by atoms with Gasteiger partial charge in [-0.15, -0.1) is 0 Å². The van der Waals surface area contributed by atoms with E-state index in [0.29, 0.717) is 5.92 Å². The number of non-ortho nitro benzene ring substituents is 1. The summed E-state index contributed by atoms with van der Waals surface area (Å²) in [4.78, 5) is 38.5. The number of benzene rings is 1. The summed E-state index contributed by atoms with van der Waals surface area (Å²) in [7, 11) is 0. The van der Waals surface area contributed by atoms with E-state index < -0.39 is 10.8 Å². The van der Waals surface area contributed by atoms with E-state index in [9.17, 15) is 19.7 Å². The predicted molar refractivity (Wildman–Crippen MR) is 95.7 cm³/mol. The third kappa shape index (κ3) is 6.15. The van der Waals surface area contributed by atoms with Crippen molar-refractivity contribution in [3.8, 4) is 0 Å². The van der Waals surface area contributed by atoms with Crippen LogP contribution in [0.2, 0.25) is 0 Å². The first-order valence-electron chi connectivity index (χ1n) is 8.46. The van der Waals surface area contributed by atoms with Crippen molar-refractivity contribution in [1.82, 2.24) is 5.32 Å². The molecule has 1 saturated carbocycles. The number of nitro benzene ring substituents is 1. The lowest BCUT2D eigenvalue weighted by atomic mass is 9.86. The summed E-state index contributed by atoms with van der Waals surface area (Å²) >= 11 is 0. The molecule has 0 unspecified atom stereocenters. The lowest BCUT2D eigenvalue weighted by Gasteiger charge is -2.29. The van der Waals surface area contributed by atoms with Crippen LogP contribution >= 0.6 is 0 Å². The minimum absolute atomic E-state index is 0.135. The number of amides is 2. The van der Waals surface area contributed by atoms with Gasteiger partial charge in [0, 0.05) is 23.9 Å². The molecule has 0 heterocycles. The van der Waals surface area contributed by atoms with Crippen LogP contribution in [0.15, 0.2) is 29.4 Å². The van der Waals surface area contributed by atoms with Gasteiger partial charge < -0.3 is 15.5 Å². The van der Waals surface area contributed by atoms with E-state index in [4.69, 9.17) is 4.84 Å². The molecule has 1 aromatic carbocycles. The highest BCUT2D eigenvalue weighted by atomic mass is 16.6. The summed E-state index contributed by atoms with van der Waals surface area (Å²) in [6.07, 6.45) is 5.22. The Morgan fingerprint density at radius 3 is 2.88 bits per heavy atom. The molecule has 0 spiro atoms. The zero-order valence-corrected chi connectivity index (χ0v) is 14.5. The van der Waals surface area contributed by atoms with Crippen molar-refractivity contribution < 1.29 is 19.3 Å². The maximum atomic E-state index is 11.8. The molecule has 1 fully saturated rings. The van der Waals surface area contributed by atoms with Gasteiger partial charge in [0.2, 0.25) is 0 Å². The van der Waals surface area contributed by atoms with Gasteiger partial charge in [-0.05, 0) is 24.8 Å². The molecule has 140 valence electrons. The molecule has 0 aliphatic heterocycles. The molecule has 26 heavy (non-hydrogen) atoms. The van der Waals surface area contributed by atoms with E-state index in [0.717, 1.165) is 25.5 Å². The summed E-state index contributed by atoms with van der Waals surface area (Å²) < 4.78 is 0. The van der Waals surface area contributed by atoms with Crippen LogP contribution in [0.3, 0.4) is 0 Å². The topological polar surface area (TPSA) is 123 Å². The largest absolute Gasteiger partial charge is 0.386 e. The average molecular weight is 362 g/mol. The fourth-order valence-corrected chi connectivity index (χ4v) is 2.83. The Labute approximate surface area is 150 Å². The second-order valence-electron chi connectivity index (χ2n) is 6.24. The number of nitrogens with one attached hydrogen (secondary N) is 2. The third-order valence-electron chi connectivity index (χ3n) is 4.22. The van der Waals surface area contributed by atoms with Crippen molar-refractivity contribution >= 4 is 29.4 Å². The first-order valence-corrected chi connectivity index (χ1v) is 8.46. The first kappa shape index (κ1) is 19.4. The Bertz CT molecular complexity index is 691. The van der Waals surface area contributed by atoms with Gasteiger partial charge in [0.05, 0.1) is 4.92 Å². The number of hydrogen-bond acceptors (Lipinski definition) is 6. The van der Waals surface area contributed by atoms with Crippen LogP contribution in [0.25, 0.3) is 0 Å². The molecular weight excluding hydrogens is 340 g/mol. The zero-order valence-electron chi connectivity index (χ0n) is 14.5. The van der Waals surface area contributed by atoms with Crippen molar-refractivity contribution in [2.24, 2.45) is 11.1 Å². The monoisotopic (exact) mass is 362 g/mol. The summed E-state index contributed by atoms with van der Waals surface area (Å²) in [5.74, 6) is -0.455. The van der Waals surface area contributed by atoms with E-state index in [1.807, 2.05) is 0 Å². The van der Waals surface area contributed by atoms with Crippen LogP contribution in [-0.2, 0) is 14.4 Å². The number of oxime groups is 1. The van der Waals surface area contributed by atoms with Crippen molar-refractivity contribution in [1.29, 1.82) is 0 Å². The van der Waals surface area contributed by atoms with Crippen LogP contribution in [0.1, 0.15) is 32.6 Å². The van der Waals surface area contributed by atoms with Crippen LogP contribution in [0, 0.1) is 16.0 Å². The minimum atomic E-state index is -0.619. The number of nitro groups is 1. The van der Waals surface area contributed by atoms with E-state index in [2.05, 4.69) is 22.7 Å². The number of carbonyl (C=O) groups is 2. The van der Waals surface area contributed by atoms with Crippen LogP contribution < -0.4 is 10.6 Å². The highest BCUT2D eigenvalue weighted by molar-refractivity contribution is 6.31. The number of nitrogens with zero attached hydrogens (tertiary/aromatic N) is 2. The molecule has 2 atom stereocenters. The highest BCUT2D eigenvalue weighted by Crippen LogP contribution is 2.23. The van der Waals surface area contributed by atoms with Gasteiger partial charge in [-0.25, -0.2) is 0 Å². The Balaban J connectivity index is 1.72. The summed E-state index contributed by atoms with van der Waals surface area (Å²) in [6, 6.07) is 5.67. The molecule has 0 radical (unpaired) electrons. The summed E-state index contributed by atoms with van der Waals surface area (Å²) in [5, 5.41) is 19.5. The van der Waals surface area contributed by atoms with Crippen molar-refractivity contribution in [2.45, 2.75) is 38.6 Å². The first-order chi connectivity index (χ1) is 12.5. The highest BCUT2D eigenvalue weighted by Gasteiger charge is 2.22. The molecule has 1 aliphatic rings. The Kier molecular flexibility index (Phi) is 7.07. The van der Waals surface area contributed by atoms with Crippen molar-refractivity contribution in [3.05, 3.63) is 34.4 Å². The number of hydrogen-bond donors (Lipinski definition) is 2. The molecule has 0 saturated heterocycles. The Morgan fingerprint density at radius 2 is 2.15 bits per heavy atom. The summed E-state index contributed by atoms with van der Waals surface area (Å²) in [6.45, 7) is 1.84. The van der Waals surface area contributed by atoms with E-state index >= 15 is 0 Å². The van der Waals surface area contributed by atoms with Gasteiger partial charge >= 0.3 is 0 Å². The van der Waals surface area contributed by atoms with Gasteiger partial charge in [-0.3, -0.25) is 19.7 Å². The normalized spacial score (nSPS) is 19.7. The fraction of sp³-hybridized carbons (Fsp3) is 0.471. The quantitative estimate of drug-likeness (QED) is 0.437. The SMILES string of the molecule is C[C@H]1CCCC[C@H]1NC(=O)CO/N=C\C(=O)Nc1cccc([N+](=O)[O-])c1. The van der Waals surface area contributed by atoms with Gasteiger partial charge in [-0.2, -0.15) is 0 Å². The molecule has 2 rings (SSSR count). The lowest BCUT2D eigenvalue weighted by molar-refractivity contribution is -0.384. The van der Waals surface area contributed by atoms with E-state index in [1.165, 1.54) is 30.7 Å². The fourth-order valence-electron chi connectivity index (χ4n) is 2.83. The molecule has 2 amide bonds. The van der Waals surface area contributed by atoms with Gasteiger partial charge in [0.25, 0.3) is 17.5 Å². The molecule has 1 aromatic rings. The molecule has 2 N–H and O–H groups in total. The number of anilines is 1. The molecule has 9 heteroatoms. The zero-order chi connectivity index (χ0) is 18.9. The maximum absolute atomic E-state index is 11.8. The Morgan fingerprint density at radius 1 is 1.38 bits per heavy atom. The molecule has 1 aliphatic carbocycles. The van der Waals surface area contributed by atoms with Crippen LogP contribution in [-0.4, -0.2) is 35.6 Å². The molecular formula is C17H22N4O5. The third-order valence-corrected chi connectivity index (χ3v) is 4.22. The van der Waals surface area contributed by atoms with Crippen LogP contribution in [0.4, 0.5) is 11.4 Å². The second-order valence-corrected chi connectivity index (χ2v) is 6.24. The number of rotatable bonds is 7. The number of carbonyl (C=O) groups excluding carboxylic acids is 2. The Hall–Kier alpha value is -2.97. The molecule has 9 nitrogen and oxygen atoms in total. The van der Waals surface area contributed by atoms with Crippen molar-refractivity contribution in [2.75, 3.05) is 11.9 Å². The van der Waals surface area contributed by atoms with Crippen molar-refractivity contribution in [3.63, 3.8) is 0 Å². The summed E-state index contributed by atoms with van der Waals surface area (Å²) in [5.41, 5.74) is 0.129. The smallest absolute Gasteiger partial charge is 0.271 e.